The van der Waals surface area contributed by atoms with Crippen molar-refractivity contribution in [3.63, 3.8) is 0 Å². The van der Waals surface area contributed by atoms with E-state index in [9.17, 15) is 14.7 Å². The summed E-state index contributed by atoms with van der Waals surface area (Å²) in [6.07, 6.45) is 0. The molecule has 2 aromatic carbocycles. The normalized spacial score (nSPS) is 13.4. The lowest BCUT2D eigenvalue weighted by atomic mass is 9.73. The third kappa shape index (κ3) is 2.96. The van der Waals surface area contributed by atoms with Crippen LogP contribution in [0.1, 0.15) is 23.0 Å². The molecule has 0 aliphatic heterocycles. The molecule has 20 heavy (non-hydrogen) atoms. The molecule has 2 aromatic rings. The second kappa shape index (κ2) is 6.19. The van der Waals surface area contributed by atoms with Crippen molar-refractivity contribution in [1.29, 1.82) is 0 Å². The van der Waals surface area contributed by atoms with Gasteiger partial charge in [-0.2, -0.15) is 0 Å². The third-order valence-electron chi connectivity index (χ3n) is 3.35. The molecule has 0 bridgehead atoms. The van der Waals surface area contributed by atoms with E-state index >= 15 is 0 Å². The van der Waals surface area contributed by atoms with Crippen molar-refractivity contribution >= 4 is 19.5 Å². The largest absolute Gasteiger partial charge is 0.481 e. The number of hydrogen-bond donors (Lipinski definition) is 1. The zero-order valence-corrected chi connectivity index (χ0v) is 11.2. The van der Waals surface area contributed by atoms with Gasteiger partial charge in [-0.1, -0.05) is 60.7 Å². The Labute approximate surface area is 118 Å². The molecule has 1 N–H and O–H groups in total. The Balaban J connectivity index is 2.50. The van der Waals surface area contributed by atoms with E-state index < -0.39 is 17.8 Å². The molecular weight excluding hydrogens is 251 g/mol. The van der Waals surface area contributed by atoms with Crippen molar-refractivity contribution < 1.29 is 14.7 Å². The van der Waals surface area contributed by atoms with Gasteiger partial charge in [-0.25, -0.2) is 0 Å². The highest BCUT2D eigenvalue weighted by atomic mass is 16.4. The lowest BCUT2D eigenvalue weighted by Gasteiger charge is -2.23. The van der Waals surface area contributed by atoms with Gasteiger partial charge in [0.25, 0.3) is 0 Å². The number of benzene rings is 2. The zero-order chi connectivity index (χ0) is 14.5. The van der Waals surface area contributed by atoms with Crippen molar-refractivity contribution in [1.82, 2.24) is 0 Å². The summed E-state index contributed by atoms with van der Waals surface area (Å²) in [6.45, 7) is 0. The topological polar surface area (TPSA) is 54.4 Å². The van der Waals surface area contributed by atoms with Crippen LogP contribution in [0.5, 0.6) is 0 Å². The molecule has 0 fully saturated rings. The average molecular weight is 266 g/mol. The standard InChI is InChI=1S/C16H15BO3/c17-15(18)13(11-7-3-1-4-8-11)14(16(19)20)12-9-5-2-6-10-12/h1-10,13-14H,17H2,(H,19,20). The predicted molar refractivity (Wildman–Crippen MR) is 79.6 cm³/mol. The van der Waals surface area contributed by atoms with Gasteiger partial charge in [0.2, 0.25) is 0 Å². The van der Waals surface area contributed by atoms with Crippen LogP contribution in [-0.4, -0.2) is 24.6 Å². The van der Waals surface area contributed by atoms with Crippen molar-refractivity contribution in [2.45, 2.75) is 11.8 Å². The summed E-state index contributed by atoms with van der Waals surface area (Å²) in [5.41, 5.74) is 1.23. The van der Waals surface area contributed by atoms with Crippen molar-refractivity contribution in [3.8, 4) is 0 Å². The Bertz CT molecular complexity index is 540. The van der Waals surface area contributed by atoms with Gasteiger partial charge in [0, 0.05) is 5.92 Å². The van der Waals surface area contributed by atoms with Crippen molar-refractivity contribution in [2.24, 2.45) is 0 Å². The monoisotopic (exact) mass is 266 g/mol. The van der Waals surface area contributed by atoms with Crippen LogP contribution in [0.25, 0.3) is 0 Å². The van der Waals surface area contributed by atoms with Gasteiger partial charge in [0.1, 0.15) is 0 Å². The second-order valence-corrected chi connectivity index (χ2v) is 4.73. The fourth-order valence-electron chi connectivity index (χ4n) is 2.46. The average Bonchev–Trinajstić information content (AvgIpc) is 2.45. The van der Waals surface area contributed by atoms with Crippen LogP contribution >= 0.6 is 0 Å². The van der Waals surface area contributed by atoms with Gasteiger partial charge < -0.3 is 9.90 Å². The molecular formula is C16H15BO3. The quantitative estimate of drug-likeness (QED) is 0.839. The molecule has 0 heterocycles. The molecule has 2 unspecified atom stereocenters. The SMILES string of the molecule is BC(=O)C(c1ccccc1)C(C(=O)O)c1ccccc1. The van der Waals surface area contributed by atoms with E-state index in [1.54, 1.807) is 36.4 Å². The summed E-state index contributed by atoms with van der Waals surface area (Å²) in [4.78, 5) is 23.7. The number of carboxylic acids is 1. The molecule has 2 rings (SSSR count). The minimum absolute atomic E-state index is 0.146. The Hall–Kier alpha value is -2.36. The van der Waals surface area contributed by atoms with E-state index in [1.165, 1.54) is 7.85 Å². The molecule has 3 nitrogen and oxygen atoms in total. The zero-order valence-electron chi connectivity index (χ0n) is 11.2. The second-order valence-electron chi connectivity index (χ2n) is 4.73. The smallest absolute Gasteiger partial charge is 0.312 e. The molecule has 0 aliphatic carbocycles. The lowest BCUT2D eigenvalue weighted by molar-refractivity contribution is -0.140. The van der Waals surface area contributed by atoms with Gasteiger partial charge >= 0.3 is 5.97 Å². The highest BCUT2D eigenvalue weighted by Crippen LogP contribution is 2.33. The Morgan fingerprint density at radius 3 is 1.55 bits per heavy atom. The first kappa shape index (κ1) is 14.1. The fourth-order valence-corrected chi connectivity index (χ4v) is 2.46. The summed E-state index contributed by atoms with van der Waals surface area (Å²) in [5.74, 6) is -2.52. The Morgan fingerprint density at radius 2 is 1.20 bits per heavy atom. The molecule has 0 saturated heterocycles. The summed E-state index contributed by atoms with van der Waals surface area (Å²) in [5, 5.41) is 9.56. The first-order valence-corrected chi connectivity index (χ1v) is 6.44. The van der Waals surface area contributed by atoms with Crippen molar-refractivity contribution in [3.05, 3.63) is 71.8 Å². The number of carboxylic acid groups (broad SMARTS) is 1. The van der Waals surface area contributed by atoms with E-state index in [4.69, 9.17) is 0 Å². The molecule has 0 amide bonds. The van der Waals surface area contributed by atoms with Crippen LogP contribution in [0.3, 0.4) is 0 Å². The number of hydrogen-bond acceptors (Lipinski definition) is 2. The lowest BCUT2D eigenvalue weighted by Crippen LogP contribution is -2.26. The fraction of sp³-hybridized carbons (Fsp3) is 0.125. The van der Waals surface area contributed by atoms with E-state index in [0.29, 0.717) is 5.56 Å². The van der Waals surface area contributed by atoms with E-state index in [0.717, 1.165) is 5.56 Å². The maximum atomic E-state index is 12.0. The van der Waals surface area contributed by atoms with Gasteiger partial charge in [0.05, 0.1) is 11.6 Å². The van der Waals surface area contributed by atoms with Crippen LogP contribution in [0.15, 0.2) is 60.7 Å². The minimum Gasteiger partial charge on any atom is -0.481 e. The first-order chi connectivity index (χ1) is 9.61. The summed E-state index contributed by atoms with van der Waals surface area (Å²) in [7, 11) is 1.44. The molecule has 4 heteroatoms. The Morgan fingerprint density at radius 1 is 0.800 bits per heavy atom. The molecule has 0 aromatic heterocycles. The summed E-state index contributed by atoms with van der Waals surface area (Å²) >= 11 is 0. The molecule has 0 aliphatic rings. The van der Waals surface area contributed by atoms with Crippen LogP contribution in [0.2, 0.25) is 0 Å². The van der Waals surface area contributed by atoms with Crippen LogP contribution in [0.4, 0.5) is 0 Å². The highest BCUT2D eigenvalue weighted by Gasteiger charge is 2.33. The van der Waals surface area contributed by atoms with Crippen LogP contribution in [0, 0.1) is 0 Å². The summed E-state index contributed by atoms with van der Waals surface area (Å²) < 4.78 is 0. The molecule has 0 radical (unpaired) electrons. The van der Waals surface area contributed by atoms with Gasteiger partial charge in [-0.05, 0) is 11.1 Å². The molecule has 0 spiro atoms. The first-order valence-electron chi connectivity index (χ1n) is 6.44. The Kier molecular flexibility index (Phi) is 4.36. The molecule has 0 saturated carbocycles. The van der Waals surface area contributed by atoms with Gasteiger partial charge in [-0.15, -0.1) is 0 Å². The van der Waals surface area contributed by atoms with E-state index in [1.807, 2.05) is 24.3 Å². The van der Waals surface area contributed by atoms with Gasteiger partial charge in [-0.3, -0.25) is 4.79 Å². The number of carbonyl (C=O) groups excluding carboxylic acids is 1. The maximum Gasteiger partial charge on any atom is 0.312 e. The van der Waals surface area contributed by atoms with E-state index in [2.05, 4.69) is 0 Å². The van der Waals surface area contributed by atoms with Gasteiger partial charge in [0.15, 0.2) is 7.85 Å². The number of rotatable bonds is 5. The van der Waals surface area contributed by atoms with E-state index in [-0.39, 0.29) is 5.68 Å². The van der Waals surface area contributed by atoms with Crippen LogP contribution < -0.4 is 0 Å². The van der Waals surface area contributed by atoms with Crippen LogP contribution in [-0.2, 0) is 9.59 Å². The molecule has 100 valence electrons. The van der Waals surface area contributed by atoms with Crippen molar-refractivity contribution in [2.75, 3.05) is 0 Å². The minimum atomic E-state index is -0.986. The summed E-state index contributed by atoms with van der Waals surface area (Å²) in [6, 6.07) is 18.0. The predicted octanol–water partition coefficient (Wildman–Crippen LogP) is 1.80. The number of aliphatic carboxylic acids is 1. The number of carbonyl (C=O) groups is 2. The maximum absolute atomic E-state index is 12.0. The molecule has 2 atom stereocenters. The third-order valence-corrected chi connectivity index (χ3v) is 3.35. The highest BCUT2D eigenvalue weighted by molar-refractivity contribution is 6.59.